The summed E-state index contributed by atoms with van der Waals surface area (Å²) in [6, 6.07) is -0.398. The van der Waals surface area contributed by atoms with Gasteiger partial charge in [0.15, 0.2) is 0 Å². The van der Waals surface area contributed by atoms with Crippen molar-refractivity contribution in [3.05, 3.63) is 0 Å². The van der Waals surface area contributed by atoms with E-state index in [1.165, 1.54) is 19.3 Å². The van der Waals surface area contributed by atoms with E-state index in [2.05, 4.69) is 11.9 Å². The molecule has 1 saturated carbocycles. The summed E-state index contributed by atoms with van der Waals surface area (Å²) in [5.41, 5.74) is 6.05. The van der Waals surface area contributed by atoms with Crippen molar-refractivity contribution in [2.45, 2.75) is 57.1 Å². The molecule has 0 radical (unpaired) electrons. The zero-order valence-electron chi connectivity index (χ0n) is 11.4. The van der Waals surface area contributed by atoms with Gasteiger partial charge in [-0.2, -0.15) is 0 Å². The molecule has 2 rings (SSSR count). The van der Waals surface area contributed by atoms with Crippen molar-refractivity contribution in [1.82, 2.24) is 4.90 Å². The van der Waals surface area contributed by atoms with Crippen LogP contribution in [0.4, 0.5) is 0 Å². The molecule has 104 valence electrons. The number of hydrogen-bond donors (Lipinski definition) is 1. The largest absolute Gasteiger partial charge is 0.461 e. The molecule has 1 saturated heterocycles. The Labute approximate surface area is 110 Å². The maximum atomic E-state index is 12.0. The quantitative estimate of drug-likeness (QED) is 0.776. The lowest BCUT2D eigenvalue weighted by Crippen LogP contribution is -2.43. The van der Waals surface area contributed by atoms with Crippen molar-refractivity contribution >= 4 is 5.97 Å². The molecule has 1 aliphatic carbocycles. The topological polar surface area (TPSA) is 55.6 Å². The maximum Gasteiger partial charge on any atom is 0.323 e. The summed E-state index contributed by atoms with van der Waals surface area (Å²) in [6.07, 6.45) is 7.85. The molecule has 1 unspecified atom stereocenters. The van der Waals surface area contributed by atoms with Crippen LogP contribution in [0.15, 0.2) is 0 Å². The normalized spacial score (nSPS) is 25.9. The van der Waals surface area contributed by atoms with Gasteiger partial charge in [-0.3, -0.25) is 4.79 Å². The number of piperidine rings is 1. The number of likely N-dealkylation sites (tertiary alicyclic amines) is 1. The second-order valence-corrected chi connectivity index (χ2v) is 5.86. The van der Waals surface area contributed by atoms with Gasteiger partial charge in [-0.05, 0) is 38.6 Å². The third-order valence-corrected chi connectivity index (χ3v) is 4.38. The van der Waals surface area contributed by atoms with E-state index in [-0.39, 0.29) is 12.1 Å². The van der Waals surface area contributed by atoms with Crippen LogP contribution in [0.3, 0.4) is 0 Å². The van der Waals surface area contributed by atoms with Gasteiger partial charge in [0.2, 0.25) is 0 Å². The lowest BCUT2D eigenvalue weighted by Gasteiger charge is -2.31. The van der Waals surface area contributed by atoms with E-state index in [9.17, 15) is 4.79 Å². The Bertz CT molecular complexity index is 269. The molecule has 18 heavy (non-hydrogen) atoms. The predicted molar refractivity (Wildman–Crippen MR) is 71.2 cm³/mol. The number of hydrogen-bond acceptors (Lipinski definition) is 4. The smallest absolute Gasteiger partial charge is 0.323 e. The molecule has 0 amide bonds. The van der Waals surface area contributed by atoms with Crippen molar-refractivity contribution in [3.63, 3.8) is 0 Å². The van der Waals surface area contributed by atoms with E-state index in [4.69, 9.17) is 10.5 Å². The summed E-state index contributed by atoms with van der Waals surface area (Å²) in [4.78, 5) is 14.3. The van der Waals surface area contributed by atoms with E-state index in [0.717, 1.165) is 38.8 Å². The van der Waals surface area contributed by atoms with Gasteiger partial charge in [0.1, 0.15) is 12.1 Å². The van der Waals surface area contributed by atoms with Crippen molar-refractivity contribution in [1.29, 1.82) is 0 Å². The van der Waals surface area contributed by atoms with Crippen molar-refractivity contribution in [2.24, 2.45) is 11.7 Å². The predicted octanol–water partition coefficient (Wildman–Crippen LogP) is 1.53. The van der Waals surface area contributed by atoms with Gasteiger partial charge in [0, 0.05) is 13.1 Å². The zero-order valence-corrected chi connectivity index (χ0v) is 11.4. The Morgan fingerprint density at radius 2 is 1.78 bits per heavy atom. The van der Waals surface area contributed by atoms with Gasteiger partial charge in [-0.15, -0.1) is 0 Å². The summed E-state index contributed by atoms with van der Waals surface area (Å²) < 4.78 is 5.56. The van der Waals surface area contributed by atoms with Gasteiger partial charge in [0.25, 0.3) is 0 Å². The van der Waals surface area contributed by atoms with Crippen LogP contribution >= 0.6 is 0 Å². The highest BCUT2D eigenvalue weighted by atomic mass is 16.5. The molecular weight excluding hydrogens is 228 g/mol. The minimum atomic E-state index is -0.398. The molecular formula is C14H26N2O2. The second-order valence-electron chi connectivity index (χ2n) is 5.86. The molecule has 1 heterocycles. The minimum absolute atomic E-state index is 0.0864. The summed E-state index contributed by atoms with van der Waals surface area (Å²) in [5.74, 6) is 0.175. The zero-order chi connectivity index (χ0) is 13.0. The van der Waals surface area contributed by atoms with Gasteiger partial charge >= 0.3 is 5.97 Å². The average molecular weight is 254 g/mol. The Hall–Kier alpha value is -0.610. The molecule has 4 heteroatoms. The van der Waals surface area contributed by atoms with Crippen LogP contribution < -0.4 is 5.73 Å². The van der Waals surface area contributed by atoms with Gasteiger partial charge in [-0.1, -0.05) is 19.3 Å². The molecule has 0 bridgehead atoms. The molecule has 0 aromatic carbocycles. The average Bonchev–Trinajstić information content (AvgIpc) is 2.41. The molecule has 4 nitrogen and oxygen atoms in total. The summed E-state index contributed by atoms with van der Waals surface area (Å²) >= 11 is 0. The van der Waals surface area contributed by atoms with E-state index < -0.39 is 6.04 Å². The molecule has 2 aliphatic rings. The number of ether oxygens (including phenoxy) is 1. The molecule has 0 spiro atoms. The van der Waals surface area contributed by atoms with Crippen LogP contribution in [0.25, 0.3) is 0 Å². The third kappa shape index (κ3) is 3.69. The molecule has 0 aromatic heterocycles. The first-order valence-corrected chi connectivity index (χ1v) is 7.31. The van der Waals surface area contributed by atoms with Crippen LogP contribution in [-0.2, 0) is 9.53 Å². The van der Waals surface area contributed by atoms with Crippen LogP contribution in [0.5, 0.6) is 0 Å². The monoisotopic (exact) mass is 254 g/mol. The molecule has 2 fully saturated rings. The van der Waals surface area contributed by atoms with Gasteiger partial charge in [-0.25, -0.2) is 0 Å². The Morgan fingerprint density at radius 3 is 2.39 bits per heavy atom. The third-order valence-electron chi connectivity index (χ3n) is 4.38. The summed E-state index contributed by atoms with van der Waals surface area (Å²) in [5, 5.41) is 0. The number of rotatable bonds is 3. The van der Waals surface area contributed by atoms with E-state index in [0.29, 0.717) is 5.92 Å². The lowest BCUT2D eigenvalue weighted by molar-refractivity contribution is -0.154. The first-order chi connectivity index (χ1) is 8.66. The van der Waals surface area contributed by atoms with E-state index in [1.807, 2.05) is 0 Å². The molecule has 2 N–H and O–H groups in total. The standard InChI is InChI=1S/C14H26N2O2/c1-16-9-7-12(8-10-16)18-14(17)13(15)11-5-3-2-4-6-11/h11-13H,2-10,15H2,1H3. The van der Waals surface area contributed by atoms with Crippen LogP contribution in [0, 0.1) is 5.92 Å². The fraction of sp³-hybridized carbons (Fsp3) is 0.929. The second kappa shape index (κ2) is 6.53. The number of esters is 1. The number of nitrogens with two attached hydrogens (primary N) is 1. The molecule has 1 atom stereocenters. The summed E-state index contributed by atoms with van der Waals surface area (Å²) in [7, 11) is 2.10. The first-order valence-electron chi connectivity index (χ1n) is 7.31. The van der Waals surface area contributed by atoms with E-state index >= 15 is 0 Å². The fourth-order valence-corrected chi connectivity index (χ4v) is 3.03. The minimum Gasteiger partial charge on any atom is -0.461 e. The fourth-order valence-electron chi connectivity index (χ4n) is 3.03. The number of carbonyl (C=O) groups is 1. The maximum absolute atomic E-state index is 12.0. The van der Waals surface area contributed by atoms with Gasteiger partial charge < -0.3 is 15.4 Å². The SMILES string of the molecule is CN1CCC(OC(=O)C(N)C2CCCCC2)CC1. The van der Waals surface area contributed by atoms with E-state index in [1.54, 1.807) is 0 Å². The Balaban J connectivity index is 1.76. The highest BCUT2D eigenvalue weighted by Gasteiger charge is 2.29. The number of carbonyl (C=O) groups excluding carboxylic acids is 1. The van der Waals surface area contributed by atoms with Crippen molar-refractivity contribution in [3.8, 4) is 0 Å². The lowest BCUT2D eigenvalue weighted by atomic mass is 9.84. The first kappa shape index (κ1) is 13.8. The number of nitrogens with zero attached hydrogens (tertiary/aromatic N) is 1. The van der Waals surface area contributed by atoms with Crippen LogP contribution in [0.1, 0.15) is 44.9 Å². The highest BCUT2D eigenvalue weighted by molar-refractivity contribution is 5.76. The Morgan fingerprint density at radius 1 is 1.17 bits per heavy atom. The van der Waals surface area contributed by atoms with Crippen LogP contribution in [0.2, 0.25) is 0 Å². The van der Waals surface area contributed by atoms with Crippen molar-refractivity contribution in [2.75, 3.05) is 20.1 Å². The molecule has 1 aliphatic heterocycles. The van der Waals surface area contributed by atoms with Crippen LogP contribution in [-0.4, -0.2) is 43.2 Å². The van der Waals surface area contributed by atoms with Crippen molar-refractivity contribution < 1.29 is 9.53 Å². The van der Waals surface area contributed by atoms with Gasteiger partial charge in [0.05, 0.1) is 0 Å². The highest BCUT2D eigenvalue weighted by Crippen LogP contribution is 2.26. The Kier molecular flexibility index (Phi) is 5.01. The molecule has 0 aromatic rings. The summed E-state index contributed by atoms with van der Waals surface area (Å²) in [6.45, 7) is 2.02.